The molecule has 0 spiro atoms. The fourth-order valence-corrected chi connectivity index (χ4v) is 5.62. The van der Waals surface area contributed by atoms with Crippen molar-refractivity contribution in [2.45, 2.75) is 63.1 Å². The normalized spacial score (nSPS) is 14.3. The average Bonchev–Trinajstić information content (AvgIpc) is 3.04. The van der Waals surface area contributed by atoms with Crippen LogP contribution in [0.4, 0.5) is 5.82 Å². The van der Waals surface area contributed by atoms with Crippen molar-refractivity contribution in [3.63, 3.8) is 0 Å². The zero-order valence-electron chi connectivity index (χ0n) is 17.8. The first kappa shape index (κ1) is 21.8. The second-order valence-electron chi connectivity index (χ2n) is 9.08. The van der Waals surface area contributed by atoms with Crippen molar-refractivity contribution in [3.05, 3.63) is 33.2 Å². The van der Waals surface area contributed by atoms with Gasteiger partial charge in [-0.05, 0) is 76.9 Å². The van der Waals surface area contributed by atoms with Crippen LogP contribution in [0.2, 0.25) is 0 Å². The molecule has 30 heavy (non-hydrogen) atoms. The Morgan fingerprint density at radius 2 is 1.90 bits per heavy atom. The first-order valence-electron chi connectivity index (χ1n) is 10.5. The maximum Gasteiger partial charge on any atom is 0.175 e. The highest BCUT2D eigenvalue weighted by atomic mass is 127. The first-order chi connectivity index (χ1) is 14.3. The largest absolute Gasteiger partial charge is 0.382 e. The van der Waals surface area contributed by atoms with Crippen molar-refractivity contribution in [2.24, 2.45) is 5.41 Å². The van der Waals surface area contributed by atoms with Gasteiger partial charge in [-0.1, -0.05) is 32.5 Å². The van der Waals surface area contributed by atoms with Gasteiger partial charge in [-0.3, -0.25) is 0 Å². The molecular formula is C22H29IN6S. The molecule has 0 bridgehead atoms. The van der Waals surface area contributed by atoms with Gasteiger partial charge in [-0.25, -0.2) is 15.0 Å². The number of hydrogen-bond donors (Lipinski definition) is 2. The summed E-state index contributed by atoms with van der Waals surface area (Å²) >= 11 is 4.16. The van der Waals surface area contributed by atoms with Gasteiger partial charge in [0, 0.05) is 28.1 Å². The summed E-state index contributed by atoms with van der Waals surface area (Å²) in [7, 11) is 0. The monoisotopic (exact) mass is 536 g/mol. The van der Waals surface area contributed by atoms with Gasteiger partial charge in [0.25, 0.3) is 0 Å². The topological polar surface area (TPSA) is 81.7 Å². The van der Waals surface area contributed by atoms with E-state index in [-0.39, 0.29) is 5.41 Å². The maximum absolute atomic E-state index is 6.11. The minimum Gasteiger partial charge on any atom is -0.382 e. The number of halogens is 1. The highest BCUT2D eigenvalue weighted by Crippen LogP contribution is 2.36. The summed E-state index contributed by atoms with van der Waals surface area (Å²) < 4.78 is 3.45. The lowest BCUT2D eigenvalue weighted by Crippen LogP contribution is -2.29. The van der Waals surface area contributed by atoms with Gasteiger partial charge in [0.05, 0.1) is 0 Å². The summed E-state index contributed by atoms with van der Waals surface area (Å²) in [5.74, 6) is 0.434. The van der Waals surface area contributed by atoms with Gasteiger partial charge in [-0.2, -0.15) is 0 Å². The minimum atomic E-state index is 0.250. The molecule has 1 aliphatic carbocycles. The van der Waals surface area contributed by atoms with Gasteiger partial charge in [-0.15, -0.1) is 0 Å². The molecule has 3 aromatic rings. The quantitative estimate of drug-likeness (QED) is 0.352. The number of imidazole rings is 1. The summed E-state index contributed by atoms with van der Waals surface area (Å²) in [4.78, 5) is 14.7. The maximum atomic E-state index is 6.11. The van der Waals surface area contributed by atoms with Crippen LogP contribution < -0.4 is 11.1 Å². The van der Waals surface area contributed by atoms with Gasteiger partial charge in [0.15, 0.2) is 22.1 Å². The highest BCUT2D eigenvalue weighted by Gasteiger charge is 2.19. The predicted molar refractivity (Wildman–Crippen MR) is 132 cm³/mol. The third-order valence-electron chi connectivity index (χ3n) is 5.29. The fourth-order valence-electron chi connectivity index (χ4n) is 3.78. The van der Waals surface area contributed by atoms with Crippen LogP contribution in [0.3, 0.4) is 0 Å². The van der Waals surface area contributed by atoms with E-state index in [0.29, 0.717) is 11.3 Å². The van der Waals surface area contributed by atoms with Gasteiger partial charge < -0.3 is 15.6 Å². The number of aromatic nitrogens is 4. The molecule has 1 aromatic carbocycles. The molecule has 0 radical (unpaired) electrons. The van der Waals surface area contributed by atoms with Gasteiger partial charge >= 0.3 is 0 Å². The molecule has 3 N–H and O–H groups in total. The molecule has 2 aromatic heterocycles. The zero-order valence-corrected chi connectivity index (χ0v) is 20.8. The summed E-state index contributed by atoms with van der Waals surface area (Å²) in [5.41, 5.74) is 10.8. The molecular weight excluding hydrogens is 507 g/mol. The Balaban J connectivity index is 1.64. The third kappa shape index (κ3) is 4.91. The van der Waals surface area contributed by atoms with E-state index in [1.165, 1.54) is 51.6 Å². The Morgan fingerprint density at radius 1 is 1.17 bits per heavy atom. The molecule has 1 aliphatic rings. The summed E-state index contributed by atoms with van der Waals surface area (Å²) in [5, 5.41) is 4.47. The number of fused-ring (bicyclic) bond motifs is 2. The molecule has 0 aliphatic heterocycles. The Labute approximate surface area is 196 Å². The van der Waals surface area contributed by atoms with Crippen molar-refractivity contribution in [3.8, 4) is 0 Å². The van der Waals surface area contributed by atoms with Crippen LogP contribution >= 0.6 is 34.4 Å². The van der Waals surface area contributed by atoms with E-state index in [9.17, 15) is 0 Å². The lowest BCUT2D eigenvalue weighted by Gasteiger charge is -2.19. The summed E-state index contributed by atoms with van der Waals surface area (Å²) in [6.45, 7) is 9.30. The van der Waals surface area contributed by atoms with Crippen LogP contribution in [0.15, 0.2) is 28.5 Å². The average molecular weight is 536 g/mol. The number of nitrogens with one attached hydrogen (secondary N) is 1. The number of nitrogens with zero attached hydrogens (tertiary/aromatic N) is 4. The Bertz CT molecular complexity index is 1060. The molecule has 0 atom stereocenters. The van der Waals surface area contributed by atoms with Crippen LogP contribution in [0.1, 0.15) is 44.7 Å². The molecule has 2 heterocycles. The standard InChI is InChI=1S/C22H29IN6S/c1-22(2,3)12-25-8-9-29-20-18(19(24)26-13-27-20)28-21(29)30-17-11-15-7-5-4-6-14(15)10-16(17)23/h10-11,13,25H,4-9,12H2,1-3H3,(H2,24,26,27). The minimum absolute atomic E-state index is 0.250. The molecule has 160 valence electrons. The van der Waals surface area contributed by atoms with E-state index < -0.39 is 0 Å². The Hall–Kier alpha value is -1.39. The third-order valence-corrected chi connectivity index (χ3v) is 7.60. The van der Waals surface area contributed by atoms with Crippen molar-refractivity contribution in [1.82, 2.24) is 24.8 Å². The second-order valence-corrected chi connectivity index (χ2v) is 11.2. The van der Waals surface area contributed by atoms with Crippen molar-refractivity contribution < 1.29 is 0 Å². The van der Waals surface area contributed by atoms with Crippen LogP contribution in [0.25, 0.3) is 11.2 Å². The number of hydrogen-bond acceptors (Lipinski definition) is 6. The van der Waals surface area contributed by atoms with Crippen molar-refractivity contribution in [2.75, 3.05) is 18.8 Å². The van der Waals surface area contributed by atoms with E-state index in [1.807, 2.05) is 0 Å². The molecule has 6 nitrogen and oxygen atoms in total. The fraction of sp³-hybridized carbons (Fsp3) is 0.500. The van der Waals surface area contributed by atoms with E-state index >= 15 is 0 Å². The van der Waals surface area contributed by atoms with E-state index in [4.69, 9.17) is 10.7 Å². The molecule has 4 rings (SSSR count). The first-order valence-corrected chi connectivity index (χ1v) is 12.4. The Morgan fingerprint density at radius 3 is 2.63 bits per heavy atom. The van der Waals surface area contributed by atoms with Crippen molar-refractivity contribution >= 4 is 51.3 Å². The van der Waals surface area contributed by atoms with E-state index in [0.717, 1.165) is 30.4 Å². The predicted octanol–water partition coefficient (Wildman–Crippen LogP) is 4.68. The van der Waals surface area contributed by atoms with E-state index in [2.05, 4.69) is 75.3 Å². The number of aryl methyl sites for hydroxylation is 2. The van der Waals surface area contributed by atoms with Gasteiger partial charge in [0.2, 0.25) is 0 Å². The molecule has 0 saturated carbocycles. The molecule has 0 fully saturated rings. The second kappa shape index (κ2) is 9.00. The number of rotatable bonds is 6. The molecule has 0 saturated heterocycles. The van der Waals surface area contributed by atoms with E-state index in [1.54, 1.807) is 11.8 Å². The van der Waals surface area contributed by atoms with Crippen LogP contribution in [0, 0.1) is 8.99 Å². The number of nitrogen functional groups attached to an aromatic ring is 1. The molecule has 8 heteroatoms. The number of benzene rings is 1. The number of anilines is 1. The number of nitrogens with two attached hydrogens (primary N) is 1. The summed E-state index contributed by atoms with van der Waals surface area (Å²) in [6.07, 6.45) is 6.47. The lowest BCUT2D eigenvalue weighted by molar-refractivity contribution is 0.375. The molecule has 0 unspecified atom stereocenters. The lowest BCUT2D eigenvalue weighted by atomic mass is 9.92. The van der Waals surface area contributed by atoms with Crippen LogP contribution in [-0.2, 0) is 19.4 Å². The molecule has 0 amide bonds. The van der Waals surface area contributed by atoms with Crippen molar-refractivity contribution in [1.29, 1.82) is 0 Å². The van der Waals surface area contributed by atoms with Gasteiger partial charge in [0.1, 0.15) is 6.33 Å². The van der Waals surface area contributed by atoms with Crippen LogP contribution in [-0.4, -0.2) is 32.6 Å². The smallest absolute Gasteiger partial charge is 0.175 e. The Kier molecular flexibility index (Phi) is 6.55. The SMILES string of the molecule is CC(C)(C)CNCCn1c(Sc2cc3c(cc2I)CCCC3)nc2c(N)ncnc21. The zero-order chi connectivity index (χ0) is 21.3. The van der Waals surface area contributed by atoms with Crippen LogP contribution in [0.5, 0.6) is 0 Å². The highest BCUT2D eigenvalue weighted by molar-refractivity contribution is 14.1. The summed E-state index contributed by atoms with van der Waals surface area (Å²) in [6, 6.07) is 4.71.